The van der Waals surface area contributed by atoms with Crippen LogP contribution in [0.25, 0.3) is 0 Å². The van der Waals surface area contributed by atoms with Gasteiger partial charge in [-0.1, -0.05) is 47.5 Å². The first-order valence-corrected chi connectivity index (χ1v) is 9.36. The molecule has 0 amide bonds. The van der Waals surface area contributed by atoms with Crippen molar-refractivity contribution in [2.45, 2.75) is 85.7 Å². The molecule has 1 spiro atoms. The molecule has 0 radical (unpaired) electrons. The molecule has 0 aromatic heterocycles. The van der Waals surface area contributed by atoms with Crippen molar-refractivity contribution in [3.8, 4) is 0 Å². The van der Waals surface area contributed by atoms with E-state index in [2.05, 4.69) is 34.6 Å². The van der Waals surface area contributed by atoms with Gasteiger partial charge < -0.3 is 5.11 Å². The van der Waals surface area contributed by atoms with Crippen LogP contribution in [-0.2, 0) is 0 Å². The molecule has 120 valence electrons. The van der Waals surface area contributed by atoms with E-state index >= 15 is 0 Å². The quantitative estimate of drug-likeness (QED) is 0.663. The van der Waals surface area contributed by atoms with Crippen LogP contribution in [0.15, 0.2) is 0 Å². The van der Waals surface area contributed by atoms with Gasteiger partial charge in [-0.3, -0.25) is 0 Å². The highest BCUT2D eigenvalue weighted by molar-refractivity contribution is 5.27. The molecule has 0 unspecified atom stereocenters. The lowest BCUT2D eigenvalue weighted by atomic mass is 9.50. The molecule has 4 fully saturated rings. The second-order valence-corrected chi connectivity index (χ2v) is 10.4. The first-order chi connectivity index (χ1) is 9.68. The molecule has 0 aromatic carbocycles. The Morgan fingerprint density at radius 1 is 0.952 bits per heavy atom. The zero-order valence-electron chi connectivity index (χ0n) is 14.7. The van der Waals surface area contributed by atoms with Gasteiger partial charge in [-0.05, 0) is 71.5 Å². The van der Waals surface area contributed by atoms with E-state index in [4.69, 9.17) is 0 Å². The predicted octanol–water partition coefficient (Wildman–Crippen LogP) is 5.03. The summed E-state index contributed by atoms with van der Waals surface area (Å²) in [7, 11) is 0. The number of rotatable bonds is 0. The molecule has 21 heavy (non-hydrogen) atoms. The first kappa shape index (κ1) is 14.5. The molecule has 0 bridgehead atoms. The summed E-state index contributed by atoms with van der Waals surface area (Å²) < 4.78 is 0. The van der Waals surface area contributed by atoms with Gasteiger partial charge in [0.2, 0.25) is 0 Å². The van der Waals surface area contributed by atoms with Crippen LogP contribution in [0.2, 0.25) is 0 Å². The zero-order chi connectivity index (χ0) is 15.3. The van der Waals surface area contributed by atoms with Crippen LogP contribution in [0.4, 0.5) is 0 Å². The minimum absolute atomic E-state index is 0.0425. The van der Waals surface area contributed by atoms with Gasteiger partial charge in [0.05, 0.1) is 6.10 Å². The average Bonchev–Trinajstić information content (AvgIpc) is 2.77. The lowest BCUT2D eigenvalue weighted by Crippen LogP contribution is -2.50. The number of aliphatic hydroxyl groups excluding tert-OH is 1. The Balaban J connectivity index is 1.98. The molecular weight excluding hydrogens is 256 g/mol. The van der Waals surface area contributed by atoms with Gasteiger partial charge in [-0.2, -0.15) is 0 Å². The van der Waals surface area contributed by atoms with E-state index in [-0.39, 0.29) is 6.10 Å². The van der Waals surface area contributed by atoms with Gasteiger partial charge in [-0.25, -0.2) is 0 Å². The van der Waals surface area contributed by atoms with Crippen LogP contribution in [0.5, 0.6) is 0 Å². The maximum atomic E-state index is 11.0. The summed E-state index contributed by atoms with van der Waals surface area (Å²) in [6, 6.07) is 0. The van der Waals surface area contributed by atoms with Crippen LogP contribution in [0, 0.1) is 39.4 Å². The Bertz CT molecular complexity index is 464. The van der Waals surface area contributed by atoms with E-state index in [1.54, 1.807) is 0 Å². The summed E-state index contributed by atoms with van der Waals surface area (Å²) in [5.41, 5.74) is 1.73. The number of hydrogen-bond donors (Lipinski definition) is 1. The van der Waals surface area contributed by atoms with Crippen molar-refractivity contribution in [3.05, 3.63) is 0 Å². The van der Waals surface area contributed by atoms with E-state index in [1.165, 1.54) is 38.5 Å². The summed E-state index contributed by atoms with van der Waals surface area (Å²) in [6.07, 6.45) is 9.30. The minimum Gasteiger partial charge on any atom is -0.393 e. The monoisotopic (exact) mass is 290 g/mol. The van der Waals surface area contributed by atoms with Crippen molar-refractivity contribution < 1.29 is 5.11 Å². The predicted molar refractivity (Wildman–Crippen MR) is 86.9 cm³/mol. The fourth-order valence-electron chi connectivity index (χ4n) is 9.07. The second kappa shape index (κ2) is 3.89. The fraction of sp³-hybridized carbons (Fsp3) is 1.00. The van der Waals surface area contributed by atoms with Gasteiger partial charge >= 0.3 is 0 Å². The van der Waals surface area contributed by atoms with Crippen molar-refractivity contribution in [1.82, 2.24) is 0 Å². The third kappa shape index (κ3) is 1.39. The molecule has 0 aliphatic heterocycles. The lowest BCUT2D eigenvalue weighted by Gasteiger charge is -2.54. The maximum absolute atomic E-state index is 11.0. The minimum atomic E-state index is -0.0425. The summed E-state index contributed by atoms with van der Waals surface area (Å²) in [6.45, 7) is 12.7. The summed E-state index contributed by atoms with van der Waals surface area (Å²) >= 11 is 0. The highest BCUT2D eigenvalue weighted by Gasteiger charge is 2.79. The Morgan fingerprint density at radius 3 is 2.38 bits per heavy atom. The van der Waals surface area contributed by atoms with Gasteiger partial charge in [-0.15, -0.1) is 0 Å². The van der Waals surface area contributed by atoms with Crippen molar-refractivity contribution in [1.29, 1.82) is 0 Å². The Hall–Kier alpha value is -0.0400. The average molecular weight is 290 g/mol. The summed E-state index contributed by atoms with van der Waals surface area (Å²) in [5, 5.41) is 11.0. The number of hydrogen-bond acceptors (Lipinski definition) is 1. The third-order valence-electron chi connectivity index (χ3n) is 8.92. The van der Waals surface area contributed by atoms with Crippen LogP contribution in [0.3, 0.4) is 0 Å². The molecule has 4 aliphatic rings. The molecule has 4 aliphatic carbocycles. The van der Waals surface area contributed by atoms with E-state index < -0.39 is 0 Å². The van der Waals surface area contributed by atoms with Gasteiger partial charge in [0.25, 0.3) is 0 Å². The largest absolute Gasteiger partial charge is 0.393 e. The second-order valence-electron chi connectivity index (χ2n) is 10.4. The molecule has 1 nitrogen and oxygen atoms in total. The van der Waals surface area contributed by atoms with Gasteiger partial charge in [0.1, 0.15) is 0 Å². The smallest absolute Gasteiger partial charge is 0.0582 e. The maximum Gasteiger partial charge on any atom is 0.0582 e. The highest BCUT2D eigenvalue weighted by atomic mass is 16.3. The normalized spacial score (nSPS) is 61.4. The third-order valence-corrected chi connectivity index (χ3v) is 8.92. The number of aliphatic hydroxyl groups is 1. The Labute approximate surface area is 130 Å². The van der Waals surface area contributed by atoms with E-state index in [0.29, 0.717) is 33.5 Å². The van der Waals surface area contributed by atoms with Gasteiger partial charge in [0, 0.05) is 0 Å². The Kier molecular flexibility index (Phi) is 2.69. The van der Waals surface area contributed by atoms with Gasteiger partial charge in [0.15, 0.2) is 0 Å². The van der Waals surface area contributed by atoms with Crippen LogP contribution < -0.4 is 0 Å². The lowest BCUT2D eigenvalue weighted by molar-refractivity contribution is -0.0828. The molecule has 0 saturated heterocycles. The van der Waals surface area contributed by atoms with Crippen LogP contribution in [0.1, 0.15) is 79.6 Å². The van der Waals surface area contributed by atoms with E-state index in [1.807, 2.05) is 0 Å². The molecule has 1 N–H and O–H groups in total. The first-order valence-electron chi connectivity index (χ1n) is 9.36. The van der Waals surface area contributed by atoms with Crippen molar-refractivity contribution in [2.75, 3.05) is 0 Å². The molecule has 4 rings (SSSR count). The summed E-state index contributed by atoms with van der Waals surface area (Å²) in [4.78, 5) is 0. The molecule has 0 aromatic rings. The molecular formula is C20H34O. The van der Waals surface area contributed by atoms with E-state index in [9.17, 15) is 5.11 Å². The van der Waals surface area contributed by atoms with E-state index in [0.717, 1.165) is 12.3 Å². The zero-order valence-corrected chi connectivity index (χ0v) is 14.7. The van der Waals surface area contributed by atoms with Crippen LogP contribution in [-0.4, -0.2) is 11.2 Å². The SMILES string of the molecule is C[C@@H]1CCC[C@@]2(C)CC[C@@H]3C(C)(C)C[C@@]4(C)C[C@@H](O)[C@@H]1[C@]324. The summed E-state index contributed by atoms with van der Waals surface area (Å²) in [5.74, 6) is 2.10. The molecule has 4 saturated carbocycles. The Morgan fingerprint density at radius 2 is 1.67 bits per heavy atom. The standard InChI is InChI=1S/C20H34O/c1-13-7-6-9-18(4)10-8-15-17(2,3)12-19(5)11-14(21)16(13)20(15,18)19/h13-16,21H,6-12H2,1-5H3/t13-,14-,15-,16-,18+,19-,20-/m1/s1. The molecule has 0 heterocycles. The van der Waals surface area contributed by atoms with Crippen molar-refractivity contribution in [2.24, 2.45) is 39.4 Å². The fourth-order valence-corrected chi connectivity index (χ4v) is 9.07. The highest BCUT2D eigenvalue weighted by Crippen LogP contribution is 2.84. The van der Waals surface area contributed by atoms with Crippen molar-refractivity contribution in [3.63, 3.8) is 0 Å². The molecule has 1 heteroatoms. The van der Waals surface area contributed by atoms with Crippen molar-refractivity contribution >= 4 is 0 Å². The topological polar surface area (TPSA) is 20.2 Å². The molecule has 7 atom stereocenters. The van der Waals surface area contributed by atoms with Crippen LogP contribution >= 0.6 is 0 Å².